The number of fused-ring (bicyclic) bond motifs is 2. The van der Waals surface area contributed by atoms with E-state index in [2.05, 4.69) is 55.4 Å². The van der Waals surface area contributed by atoms with Gasteiger partial charge in [-0.3, -0.25) is 38.7 Å². The lowest BCUT2D eigenvalue weighted by atomic mass is 10.0. The predicted octanol–water partition coefficient (Wildman–Crippen LogP) is 4.99. The quantitative estimate of drug-likeness (QED) is 0.203. The molecule has 4 fully saturated rings. The van der Waals surface area contributed by atoms with E-state index in [1.54, 1.807) is 22.6 Å². The van der Waals surface area contributed by atoms with Crippen molar-refractivity contribution in [1.82, 2.24) is 39.5 Å². The summed E-state index contributed by atoms with van der Waals surface area (Å²) in [7, 11) is 1.92. The Labute approximate surface area is 336 Å². The number of urea groups is 1. The number of piperidine rings is 1. The molecule has 0 spiro atoms. The van der Waals surface area contributed by atoms with E-state index in [0.717, 1.165) is 106 Å². The maximum absolute atomic E-state index is 13.6. The number of benzene rings is 1. The number of aromatic nitrogens is 6. The van der Waals surface area contributed by atoms with Crippen LogP contribution in [0.4, 0.5) is 33.8 Å². The summed E-state index contributed by atoms with van der Waals surface area (Å²) in [5.41, 5.74) is 5.43. The third-order valence-corrected chi connectivity index (χ3v) is 12.6. The standard InChI is InChI=1S/C42H50N12O4/c1-25-21-31-37(49(4)48-39(31)53-16-13-35(56)46-42(53)58)33(22-25)52-19-17-51(18-20-52)28-11-14-50(15-12-28)30-9-10-34(43-23-30)45-41-44-24-32-26(2)36(27(3)55)40(57)54(38(32)47-41)29-7-5-6-8-29/h9-10,21-24,28-29H,5-8,11-20H2,1-4H3,(H,46,56,58)(H,43,44,45,47). The van der Waals surface area contributed by atoms with Gasteiger partial charge >= 0.3 is 6.03 Å². The molecule has 5 aromatic rings. The number of aryl methyl sites for hydroxylation is 3. The number of carbonyl (C=O) groups excluding carboxylic acids is 3. The number of hydrogen-bond acceptors (Lipinski definition) is 12. The molecule has 3 aliphatic heterocycles. The van der Waals surface area contributed by atoms with Crippen LogP contribution in [0.1, 0.15) is 79.4 Å². The lowest BCUT2D eigenvalue weighted by Gasteiger charge is -2.44. The first kappa shape index (κ1) is 37.7. The molecule has 302 valence electrons. The van der Waals surface area contributed by atoms with Gasteiger partial charge in [-0.1, -0.05) is 12.8 Å². The van der Waals surface area contributed by atoms with E-state index in [1.165, 1.54) is 6.92 Å². The highest BCUT2D eigenvalue weighted by Crippen LogP contribution is 2.36. The Bertz CT molecular complexity index is 2490. The van der Waals surface area contributed by atoms with Crippen molar-refractivity contribution >= 4 is 68.6 Å². The first-order valence-electron chi connectivity index (χ1n) is 20.5. The molecule has 58 heavy (non-hydrogen) atoms. The van der Waals surface area contributed by atoms with Gasteiger partial charge in [-0.2, -0.15) is 10.1 Å². The van der Waals surface area contributed by atoms with Crippen molar-refractivity contribution in [3.8, 4) is 0 Å². The summed E-state index contributed by atoms with van der Waals surface area (Å²) in [5, 5.41) is 12.1. The van der Waals surface area contributed by atoms with Gasteiger partial charge in [-0.25, -0.2) is 14.8 Å². The molecule has 4 aromatic heterocycles. The molecule has 9 rings (SSSR count). The molecule has 1 saturated carbocycles. The van der Waals surface area contributed by atoms with Crippen LogP contribution >= 0.6 is 0 Å². The van der Waals surface area contributed by atoms with E-state index in [-0.39, 0.29) is 35.3 Å². The summed E-state index contributed by atoms with van der Waals surface area (Å²) in [6.45, 7) is 11.3. The first-order valence-corrected chi connectivity index (χ1v) is 20.5. The molecule has 1 aliphatic carbocycles. The molecule has 2 N–H and O–H groups in total. The van der Waals surface area contributed by atoms with Crippen molar-refractivity contribution in [2.24, 2.45) is 7.05 Å². The molecule has 3 amide bonds. The highest BCUT2D eigenvalue weighted by molar-refractivity contribution is 6.10. The Morgan fingerprint density at radius 2 is 1.60 bits per heavy atom. The summed E-state index contributed by atoms with van der Waals surface area (Å²) in [4.78, 5) is 73.7. The number of Topliss-reactive ketones (excluding diaryl/α,β-unsaturated/α-hetero) is 1. The Kier molecular flexibility index (Phi) is 9.82. The molecule has 4 aliphatic rings. The van der Waals surface area contributed by atoms with Gasteiger partial charge in [0, 0.05) is 88.3 Å². The fraction of sp³-hybridized carbons (Fsp3) is 0.476. The highest BCUT2D eigenvalue weighted by Gasteiger charge is 2.32. The van der Waals surface area contributed by atoms with E-state index >= 15 is 0 Å². The van der Waals surface area contributed by atoms with Crippen LogP contribution in [-0.4, -0.2) is 104 Å². The molecule has 0 atom stereocenters. The summed E-state index contributed by atoms with van der Waals surface area (Å²) >= 11 is 0. The number of nitrogens with zero attached hydrogens (tertiary/aromatic N) is 10. The van der Waals surface area contributed by atoms with Crippen molar-refractivity contribution in [1.29, 1.82) is 0 Å². The van der Waals surface area contributed by atoms with Crippen LogP contribution in [0.2, 0.25) is 0 Å². The normalized spacial score (nSPS) is 18.8. The van der Waals surface area contributed by atoms with E-state index in [9.17, 15) is 19.2 Å². The fourth-order valence-corrected chi connectivity index (χ4v) is 9.61. The van der Waals surface area contributed by atoms with Gasteiger partial charge < -0.3 is 15.1 Å². The van der Waals surface area contributed by atoms with Crippen LogP contribution in [0.15, 0.2) is 41.5 Å². The average molecular weight is 787 g/mol. The second-order valence-electron chi connectivity index (χ2n) is 16.3. The number of carbonyl (C=O) groups is 3. The van der Waals surface area contributed by atoms with Crippen molar-refractivity contribution < 1.29 is 14.4 Å². The predicted molar refractivity (Wildman–Crippen MR) is 224 cm³/mol. The smallest absolute Gasteiger partial charge is 0.329 e. The molecule has 16 heteroatoms. The minimum Gasteiger partial charge on any atom is -0.370 e. The molecule has 0 bridgehead atoms. The lowest BCUT2D eigenvalue weighted by Crippen LogP contribution is -2.53. The molecule has 7 heterocycles. The molecular weight excluding hydrogens is 737 g/mol. The van der Waals surface area contributed by atoms with Crippen LogP contribution in [0.25, 0.3) is 21.9 Å². The van der Waals surface area contributed by atoms with Gasteiger partial charge in [0.25, 0.3) is 5.56 Å². The highest BCUT2D eigenvalue weighted by atomic mass is 16.2. The van der Waals surface area contributed by atoms with Crippen LogP contribution < -0.4 is 30.9 Å². The van der Waals surface area contributed by atoms with Crippen LogP contribution in [0.3, 0.4) is 0 Å². The molecule has 0 radical (unpaired) electrons. The third kappa shape index (κ3) is 6.82. The van der Waals surface area contributed by atoms with Gasteiger partial charge in [0.2, 0.25) is 11.9 Å². The van der Waals surface area contributed by atoms with E-state index in [0.29, 0.717) is 46.8 Å². The van der Waals surface area contributed by atoms with Crippen molar-refractivity contribution in [3.05, 3.63) is 63.7 Å². The van der Waals surface area contributed by atoms with Gasteiger partial charge in [-0.15, -0.1) is 0 Å². The second-order valence-corrected chi connectivity index (χ2v) is 16.3. The maximum atomic E-state index is 13.6. The summed E-state index contributed by atoms with van der Waals surface area (Å²) < 4.78 is 3.59. The number of rotatable bonds is 8. The van der Waals surface area contributed by atoms with Crippen LogP contribution in [0, 0.1) is 13.8 Å². The molecule has 1 aromatic carbocycles. The Morgan fingerprint density at radius 1 is 0.845 bits per heavy atom. The van der Waals surface area contributed by atoms with E-state index < -0.39 is 6.03 Å². The third-order valence-electron chi connectivity index (χ3n) is 12.6. The summed E-state index contributed by atoms with van der Waals surface area (Å²) in [5.74, 6) is 1.07. The second kappa shape index (κ2) is 15.1. The maximum Gasteiger partial charge on any atom is 0.329 e. The lowest BCUT2D eigenvalue weighted by molar-refractivity contribution is -0.120. The van der Waals surface area contributed by atoms with Gasteiger partial charge in [-0.05, 0) is 81.8 Å². The number of pyridine rings is 2. The molecular formula is C42H50N12O4. The monoisotopic (exact) mass is 786 g/mol. The number of nitrogens with one attached hydrogen (secondary N) is 2. The first-order chi connectivity index (χ1) is 28.0. The van der Waals surface area contributed by atoms with Crippen molar-refractivity contribution in [2.75, 3.05) is 65.8 Å². The number of amides is 3. The molecule has 16 nitrogen and oxygen atoms in total. The van der Waals surface area contributed by atoms with Gasteiger partial charge in [0.05, 0.1) is 28.7 Å². The van der Waals surface area contributed by atoms with Gasteiger partial charge in [0.1, 0.15) is 11.5 Å². The number of ketones is 1. The van der Waals surface area contributed by atoms with Crippen molar-refractivity contribution in [3.63, 3.8) is 0 Å². The minimum atomic E-state index is -0.424. The zero-order chi connectivity index (χ0) is 40.2. The van der Waals surface area contributed by atoms with E-state index in [1.807, 2.05) is 24.0 Å². The average Bonchev–Trinajstić information content (AvgIpc) is 3.86. The summed E-state index contributed by atoms with van der Waals surface area (Å²) in [6.07, 6.45) is 9.86. The SMILES string of the molecule is CC(=O)c1c(C)c2cnc(Nc3ccc(N4CCC(N5CCN(c6cc(C)cc7c(N8CCC(=O)NC8=O)nn(C)c67)CC5)CC4)cn3)nc2n(C2CCCC2)c1=O. The number of imide groups is 1. The Balaban J connectivity index is 0.829. The Morgan fingerprint density at radius 3 is 2.29 bits per heavy atom. The minimum absolute atomic E-state index is 0.0158. The fourth-order valence-electron chi connectivity index (χ4n) is 9.61. The molecule has 3 saturated heterocycles. The van der Waals surface area contributed by atoms with E-state index in [4.69, 9.17) is 15.1 Å². The van der Waals surface area contributed by atoms with Gasteiger partial charge in [0.15, 0.2) is 11.6 Å². The zero-order valence-corrected chi connectivity index (χ0v) is 33.6. The number of anilines is 5. The summed E-state index contributed by atoms with van der Waals surface area (Å²) in [6, 6.07) is 8.42. The number of piperazine rings is 1. The largest absolute Gasteiger partial charge is 0.370 e. The zero-order valence-electron chi connectivity index (χ0n) is 33.6. The number of hydrogen-bond donors (Lipinski definition) is 2. The van der Waals surface area contributed by atoms with Crippen LogP contribution in [0.5, 0.6) is 0 Å². The topological polar surface area (TPSA) is 167 Å². The Hall–Kier alpha value is -5.90. The molecule has 0 unspecified atom stereocenters. The van der Waals surface area contributed by atoms with Crippen molar-refractivity contribution in [2.45, 2.75) is 77.8 Å². The van der Waals surface area contributed by atoms with Crippen LogP contribution in [-0.2, 0) is 11.8 Å².